The van der Waals surface area contributed by atoms with Gasteiger partial charge in [0, 0.05) is 16.3 Å². The van der Waals surface area contributed by atoms with E-state index < -0.39 is 0 Å². The van der Waals surface area contributed by atoms with Crippen LogP contribution < -0.4 is 5.32 Å². The Hall–Kier alpha value is -0.380. The summed E-state index contributed by atoms with van der Waals surface area (Å²) in [6.07, 6.45) is 0.314. The summed E-state index contributed by atoms with van der Waals surface area (Å²) in [4.78, 5) is 2.70. The molecule has 0 aromatic carbocycles. The SMILES string of the molecule is CCNCc1ccc(COC(C)C)s1. The highest BCUT2D eigenvalue weighted by molar-refractivity contribution is 7.11. The van der Waals surface area contributed by atoms with E-state index in [1.165, 1.54) is 9.75 Å². The fourth-order valence-corrected chi connectivity index (χ4v) is 2.00. The first-order valence-corrected chi connectivity index (χ1v) is 5.94. The van der Waals surface area contributed by atoms with Gasteiger partial charge in [-0.05, 0) is 32.5 Å². The van der Waals surface area contributed by atoms with Crippen molar-refractivity contribution in [2.45, 2.75) is 40.0 Å². The second-order valence-corrected chi connectivity index (χ2v) is 4.76. The molecule has 0 bridgehead atoms. The van der Waals surface area contributed by atoms with E-state index in [-0.39, 0.29) is 0 Å². The molecule has 0 atom stereocenters. The summed E-state index contributed by atoms with van der Waals surface area (Å²) in [5.74, 6) is 0. The van der Waals surface area contributed by atoms with Crippen molar-refractivity contribution in [2.24, 2.45) is 0 Å². The van der Waals surface area contributed by atoms with Gasteiger partial charge in [-0.3, -0.25) is 0 Å². The second kappa shape index (κ2) is 6.17. The lowest BCUT2D eigenvalue weighted by Gasteiger charge is -2.04. The van der Waals surface area contributed by atoms with E-state index in [1.54, 1.807) is 0 Å². The van der Waals surface area contributed by atoms with Crippen LogP contribution in [0, 0.1) is 0 Å². The van der Waals surface area contributed by atoms with Crippen LogP contribution in [-0.2, 0) is 17.9 Å². The average Bonchev–Trinajstić information content (AvgIpc) is 2.59. The Bertz CT molecular complexity index is 258. The number of hydrogen-bond donors (Lipinski definition) is 1. The van der Waals surface area contributed by atoms with Gasteiger partial charge >= 0.3 is 0 Å². The lowest BCUT2D eigenvalue weighted by Crippen LogP contribution is -2.10. The van der Waals surface area contributed by atoms with Crippen molar-refractivity contribution in [1.29, 1.82) is 0 Å². The predicted molar refractivity (Wildman–Crippen MR) is 61.6 cm³/mol. The smallest absolute Gasteiger partial charge is 0.0812 e. The maximum Gasteiger partial charge on any atom is 0.0812 e. The number of ether oxygens (including phenoxy) is 1. The quantitative estimate of drug-likeness (QED) is 0.784. The lowest BCUT2D eigenvalue weighted by atomic mass is 10.4. The van der Waals surface area contributed by atoms with Gasteiger partial charge < -0.3 is 10.1 Å². The molecule has 1 aromatic rings. The molecule has 0 aliphatic heterocycles. The average molecular weight is 213 g/mol. The highest BCUT2D eigenvalue weighted by atomic mass is 32.1. The maximum absolute atomic E-state index is 5.54. The molecule has 80 valence electrons. The second-order valence-electron chi connectivity index (χ2n) is 3.51. The predicted octanol–water partition coefficient (Wildman–Crippen LogP) is 2.78. The number of hydrogen-bond acceptors (Lipinski definition) is 3. The Labute approximate surface area is 90.3 Å². The van der Waals surface area contributed by atoms with Gasteiger partial charge in [0.25, 0.3) is 0 Å². The molecule has 0 saturated carbocycles. The van der Waals surface area contributed by atoms with Crippen molar-refractivity contribution in [3.05, 3.63) is 21.9 Å². The monoisotopic (exact) mass is 213 g/mol. The van der Waals surface area contributed by atoms with E-state index in [0.717, 1.165) is 19.7 Å². The lowest BCUT2D eigenvalue weighted by molar-refractivity contribution is 0.0674. The molecule has 0 fully saturated rings. The fourth-order valence-electron chi connectivity index (χ4n) is 1.09. The molecule has 0 aliphatic rings. The molecule has 1 rings (SSSR count). The van der Waals surface area contributed by atoms with Crippen molar-refractivity contribution < 1.29 is 4.74 Å². The Morgan fingerprint density at radius 2 is 2.07 bits per heavy atom. The van der Waals surface area contributed by atoms with Gasteiger partial charge in [-0.25, -0.2) is 0 Å². The molecule has 1 N–H and O–H groups in total. The van der Waals surface area contributed by atoms with Crippen LogP contribution in [0.1, 0.15) is 30.5 Å². The van der Waals surface area contributed by atoms with Crippen molar-refractivity contribution in [1.82, 2.24) is 5.32 Å². The van der Waals surface area contributed by atoms with Crippen molar-refractivity contribution in [3.8, 4) is 0 Å². The summed E-state index contributed by atoms with van der Waals surface area (Å²) < 4.78 is 5.54. The topological polar surface area (TPSA) is 21.3 Å². The van der Waals surface area contributed by atoms with E-state index in [1.807, 2.05) is 11.3 Å². The molecule has 2 nitrogen and oxygen atoms in total. The molecule has 0 unspecified atom stereocenters. The third kappa shape index (κ3) is 4.22. The van der Waals surface area contributed by atoms with Crippen molar-refractivity contribution >= 4 is 11.3 Å². The standard InChI is InChI=1S/C11H19NOS/c1-4-12-7-10-5-6-11(14-10)8-13-9(2)3/h5-6,9,12H,4,7-8H2,1-3H3. The van der Waals surface area contributed by atoms with Gasteiger partial charge in [0.1, 0.15) is 0 Å². The molecule has 3 heteroatoms. The van der Waals surface area contributed by atoms with Crippen LogP contribution in [0.4, 0.5) is 0 Å². The molecule has 1 aromatic heterocycles. The van der Waals surface area contributed by atoms with Crippen LogP contribution in [0.15, 0.2) is 12.1 Å². The first kappa shape index (κ1) is 11.7. The summed E-state index contributed by atoms with van der Waals surface area (Å²) in [5, 5.41) is 3.31. The summed E-state index contributed by atoms with van der Waals surface area (Å²) in [5.41, 5.74) is 0. The van der Waals surface area contributed by atoms with Gasteiger partial charge in [-0.15, -0.1) is 11.3 Å². The van der Waals surface area contributed by atoms with Crippen LogP contribution in [0.3, 0.4) is 0 Å². The number of thiophene rings is 1. The van der Waals surface area contributed by atoms with Gasteiger partial charge in [0.15, 0.2) is 0 Å². The van der Waals surface area contributed by atoms with Crippen molar-refractivity contribution in [3.63, 3.8) is 0 Å². The minimum absolute atomic E-state index is 0.314. The highest BCUT2D eigenvalue weighted by Gasteiger charge is 2.00. The first-order chi connectivity index (χ1) is 6.72. The zero-order chi connectivity index (χ0) is 10.4. The van der Waals surface area contributed by atoms with E-state index >= 15 is 0 Å². The Morgan fingerprint density at radius 3 is 2.71 bits per heavy atom. The van der Waals surface area contributed by atoms with Gasteiger partial charge in [0.05, 0.1) is 12.7 Å². The molecule has 0 saturated heterocycles. The molecule has 0 aliphatic carbocycles. The third-order valence-electron chi connectivity index (χ3n) is 1.83. The zero-order valence-electron chi connectivity index (χ0n) is 9.17. The molecule has 14 heavy (non-hydrogen) atoms. The molecular weight excluding hydrogens is 194 g/mol. The summed E-state index contributed by atoms with van der Waals surface area (Å²) >= 11 is 1.83. The Kier molecular flexibility index (Phi) is 5.15. The Morgan fingerprint density at radius 1 is 1.36 bits per heavy atom. The number of rotatable bonds is 6. The van der Waals surface area contributed by atoms with Gasteiger partial charge in [0.2, 0.25) is 0 Å². The maximum atomic E-state index is 5.54. The highest BCUT2D eigenvalue weighted by Crippen LogP contribution is 2.17. The van der Waals surface area contributed by atoms with E-state index in [0.29, 0.717) is 6.10 Å². The fraction of sp³-hybridized carbons (Fsp3) is 0.636. The normalized spacial score (nSPS) is 11.1. The first-order valence-electron chi connectivity index (χ1n) is 5.12. The minimum Gasteiger partial charge on any atom is -0.373 e. The van der Waals surface area contributed by atoms with Crippen LogP contribution in [0.25, 0.3) is 0 Å². The third-order valence-corrected chi connectivity index (χ3v) is 2.88. The minimum atomic E-state index is 0.314. The summed E-state index contributed by atoms with van der Waals surface area (Å²) in [6.45, 7) is 8.99. The van der Waals surface area contributed by atoms with E-state index in [9.17, 15) is 0 Å². The van der Waals surface area contributed by atoms with E-state index in [4.69, 9.17) is 4.74 Å². The molecule has 0 radical (unpaired) electrons. The summed E-state index contributed by atoms with van der Waals surface area (Å²) in [7, 11) is 0. The van der Waals surface area contributed by atoms with Crippen LogP contribution in [0.5, 0.6) is 0 Å². The van der Waals surface area contributed by atoms with Crippen LogP contribution in [0.2, 0.25) is 0 Å². The zero-order valence-corrected chi connectivity index (χ0v) is 9.99. The molecular formula is C11H19NOS. The van der Waals surface area contributed by atoms with E-state index in [2.05, 4.69) is 38.2 Å². The molecule has 0 spiro atoms. The molecule has 1 heterocycles. The van der Waals surface area contributed by atoms with Gasteiger partial charge in [-0.1, -0.05) is 6.92 Å². The number of nitrogens with one attached hydrogen (secondary N) is 1. The van der Waals surface area contributed by atoms with Crippen LogP contribution in [-0.4, -0.2) is 12.6 Å². The Balaban J connectivity index is 2.35. The molecule has 0 amide bonds. The summed E-state index contributed by atoms with van der Waals surface area (Å²) in [6, 6.07) is 4.33. The van der Waals surface area contributed by atoms with Gasteiger partial charge in [-0.2, -0.15) is 0 Å². The van der Waals surface area contributed by atoms with Crippen molar-refractivity contribution in [2.75, 3.05) is 6.54 Å². The van der Waals surface area contributed by atoms with Crippen LogP contribution >= 0.6 is 11.3 Å². The largest absolute Gasteiger partial charge is 0.373 e.